The highest BCUT2D eigenvalue weighted by Crippen LogP contribution is 2.35. The van der Waals surface area contributed by atoms with Crippen LogP contribution in [0.25, 0.3) is 0 Å². The zero-order valence-corrected chi connectivity index (χ0v) is 13.0. The third-order valence-corrected chi connectivity index (χ3v) is 4.55. The van der Waals surface area contributed by atoms with E-state index < -0.39 is 9.05 Å². The Bertz CT molecular complexity index is 632. The van der Waals surface area contributed by atoms with Crippen molar-refractivity contribution in [1.29, 1.82) is 0 Å². The molecule has 110 valence electrons. The molecule has 0 spiro atoms. The van der Waals surface area contributed by atoms with E-state index in [9.17, 15) is 13.2 Å². The minimum Gasteiger partial charge on any atom is -0.495 e. The zero-order valence-electron chi connectivity index (χ0n) is 10.7. The van der Waals surface area contributed by atoms with Crippen molar-refractivity contribution in [3.8, 4) is 5.75 Å². The van der Waals surface area contributed by atoms with Gasteiger partial charge in [0.1, 0.15) is 5.75 Å². The van der Waals surface area contributed by atoms with Crippen LogP contribution in [0.2, 0.25) is 5.02 Å². The van der Waals surface area contributed by atoms with E-state index in [-0.39, 0.29) is 30.5 Å². The summed E-state index contributed by atoms with van der Waals surface area (Å²) in [7, 11) is 3.10. The molecule has 2 rings (SSSR count). The number of carbonyl (C=O) groups excluding carboxylic acids is 1. The number of ether oxygens (including phenoxy) is 1. The molecule has 0 N–H and O–H groups in total. The fourth-order valence-electron chi connectivity index (χ4n) is 2.28. The molecular weight excluding hydrogens is 325 g/mol. The molecule has 0 saturated carbocycles. The topological polar surface area (TPSA) is 63.7 Å². The van der Waals surface area contributed by atoms with Gasteiger partial charge in [0.25, 0.3) is 0 Å². The van der Waals surface area contributed by atoms with Gasteiger partial charge >= 0.3 is 0 Å². The summed E-state index contributed by atoms with van der Waals surface area (Å²) >= 11 is 5.93. The molecule has 8 heteroatoms. The molecule has 20 heavy (non-hydrogen) atoms. The highest BCUT2D eigenvalue weighted by Gasteiger charge is 2.34. The van der Waals surface area contributed by atoms with Crippen LogP contribution in [0.4, 0.5) is 5.69 Å². The first-order valence-corrected chi connectivity index (χ1v) is 8.72. The SMILES string of the molecule is COc1ccc(Cl)cc1N1CC(CS(=O)(=O)Cl)CC1=O. The summed E-state index contributed by atoms with van der Waals surface area (Å²) in [5.74, 6) is -0.207. The summed E-state index contributed by atoms with van der Waals surface area (Å²) in [6, 6.07) is 4.94. The lowest BCUT2D eigenvalue weighted by Gasteiger charge is -2.19. The van der Waals surface area contributed by atoms with E-state index in [2.05, 4.69) is 0 Å². The molecule has 0 radical (unpaired) electrons. The van der Waals surface area contributed by atoms with Crippen LogP contribution in [0.1, 0.15) is 6.42 Å². The third kappa shape index (κ3) is 3.56. The molecular formula is C12H13Cl2NO4S. The molecule has 1 saturated heterocycles. The van der Waals surface area contributed by atoms with Gasteiger partial charge in [-0.3, -0.25) is 4.79 Å². The summed E-state index contributed by atoms with van der Waals surface area (Å²) in [4.78, 5) is 13.5. The smallest absolute Gasteiger partial charge is 0.232 e. The van der Waals surface area contributed by atoms with Crippen LogP contribution < -0.4 is 9.64 Å². The maximum Gasteiger partial charge on any atom is 0.232 e. The van der Waals surface area contributed by atoms with Gasteiger partial charge in [-0.25, -0.2) is 8.42 Å². The average Bonchev–Trinajstić information content (AvgIpc) is 2.67. The van der Waals surface area contributed by atoms with E-state index in [0.29, 0.717) is 16.5 Å². The maximum absolute atomic E-state index is 12.0. The molecule has 1 fully saturated rings. The molecule has 1 aliphatic rings. The predicted molar refractivity (Wildman–Crippen MR) is 78.1 cm³/mol. The predicted octanol–water partition coefficient (Wildman–Crippen LogP) is 2.27. The van der Waals surface area contributed by atoms with E-state index >= 15 is 0 Å². The summed E-state index contributed by atoms with van der Waals surface area (Å²) in [6.45, 7) is 0.279. The molecule has 1 aromatic rings. The van der Waals surface area contributed by atoms with Gasteiger partial charge in [-0.1, -0.05) is 11.6 Å². The summed E-state index contributed by atoms with van der Waals surface area (Å²) in [6.07, 6.45) is 0.140. The normalized spacial score (nSPS) is 19.4. The quantitative estimate of drug-likeness (QED) is 0.790. The third-order valence-electron chi connectivity index (χ3n) is 3.07. The van der Waals surface area contributed by atoms with E-state index in [1.807, 2.05) is 0 Å². The molecule has 0 aliphatic carbocycles. The van der Waals surface area contributed by atoms with Crippen molar-refractivity contribution in [2.45, 2.75) is 6.42 Å². The van der Waals surface area contributed by atoms with Crippen LogP contribution >= 0.6 is 22.3 Å². The first-order valence-electron chi connectivity index (χ1n) is 5.86. The lowest BCUT2D eigenvalue weighted by Crippen LogP contribution is -2.25. The number of benzene rings is 1. The molecule has 0 bridgehead atoms. The molecule has 0 aromatic heterocycles. The number of rotatable bonds is 4. The van der Waals surface area contributed by atoms with Crippen molar-refractivity contribution in [2.24, 2.45) is 5.92 Å². The van der Waals surface area contributed by atoms with Crippen LogP contribution in [0.15, 0.2) is 18.2 Å². The second-order valence-electron chi connectivity index (χ2n) is 4.60. The standard InChI is InChI=1S/C12H13Cl2NO4S/c1-19-11-3-2-9(13)5-10(11)15-6-8(4-12(15)16)7-20(14,17)18/h2-3,5,8H,4,6-7H2,1H3. The summed E-state index contributed by atoms with van der Waals surface area (Å²) < 4.78 is 27.4. The van der Waals surface area contributed by atoms with Crippen LogP contribution in [0.5, 0.6) is 5.75 Å². The monoisotopic (exact) mass is 337 g/mol. The first kappa shape index (κ1) is 15.4. The van der Waals surface area contributed by atoms with Crippen molar-refractivity contribution in [3.63, 3.8) is 0 Å². The lowest BCUT2D eigenvalue weighted by molar-refractivity contribution is -0.117. The van der Waals surface area contributed by atoms with Gasteiger partial charge in [0.05, 0.1) is 18.6 Å². The van der Waals surface area contributed by atoms with Crippen molar-refractivity contribution >= 4 is 42.9 Å². The Balaban J connectivity index is 2.26. The van der Waals surface area contributed by atoms with Crippen molar-refractivity contribution in [2.75, 3.05) is 24.3 Å². The molecule has 1 heterocycles. The van der Waals surface area contributed by atoms with Gasteiger partial charge < -0.3 is 9.64 Å². The largest absolute Gasteiger partial charge is 0.495 e. The number of amides is 1. The van der Waals surface area contributed by atoms with E-state index in [1.165, 1.54) is 12.0 Å². The number of nitrogens with zero attached hydrogens (tertiary/aromatic N) is 1. The summed E-state index contributed by atoms with van der Waals surface area (Å²) in [5.41, 5.74) is 0.541. The minimum atomic E-state index is -3.62. The Kier molecular flexibility index (Phi) is 4.46. The zero-order chi connectivity index (χ0) is 14.9. The Morgan fingerprint density at radius 3 is 2.75 bits per heavy atom. The Morgan fingerprint density at radius 1 is 1.45 bits per heavy atom. The van der Waals surface area contributed by atoms with Gasteiger partial charge in [0.2, 0.25) is 15.0 Å². The second-order valence-corrected chi connectivity index (χ2v) is 7.85. The lowest BCUT2D eigenvalue weighted by atomic mass is 10.1. The number of methoxy groups -OCH3 is 1. The number of anilines is 1. The van der Waals surface area contributed by atoms with Crippen LogP contribution in [0.3, 0.4) is 0 Å². The fourth-order valence-corrected chi connectivity index (χ4v) is 3.77. The van der Waals surface area contributed by atoms with Crippen molar-refractivity contribution in [3.05, 3.63) is 23.2 Å². The molecule has 1 atom stereocenters. The Labute approximate surface area is 126 Å². The minimum absolute atomic E-state index is 0.140. The van der Waals surface area contributed by atoms with E-state index in [0.717, 1.165) is 0 Å². The molecule has 1 amide bonds. The number of hydrogen-bond acceptors (Lipinski definition) is 4. The number of carbonyl (C=O) groups is 1. The molecule has 1 aromatic carbocycles. The molecule has 5 nitrogen and oxygen atoms in total. The Hall–Kier alpha value is -0.980. The number of hydrogen-bond donors (Lipinski definition) is 0. The van der Waals surface area contributed by atoms with E-state index in [4.69, 9.17) is 27.0 Å². The highest BCUT2D eigenvalue weighted by molar-refractivity contribution is 8.13. The maximum atomic E-state index is 12.0. The van der Waals surface area contributed by atoms with E-state index in [1.54, 1.807) is 18.2 Å². The van der Waals surface area contributed by atoms with Gasteiger partial charge in [0.15, 0.2) is 0 Å². The molecule has 1 aliphatic heterocycles. The summed E-state index contributed by atoms with van der Waals surface area (Å²) in [5, 5.41) is 0.474. The van der Waals surface area contributed by atoms with Gasteiger partial charge in [-0.05, 0) is 18.2 Å². The van der Waals surface area contributed by atoms with Crippen LogP contribution in [-0.2, 0) is 13.8 Å². The van der Waals surface area contributed by atoms with Crippen LogP contribution in [0, 0.1) is 5.92 Å². The average molecular weight is 338 g/mol. The Morgan fingerprint density at radius 2 is 2.15 bits per heavy atom. The van der Waals surface area contributed by atoms with Gasteiger partial charge in [-0.2, -0.15) is 0 Å². The van der Waals surface area contributed by atoms with Crippen LogP contribution in [-0.4, -0.2) is 33.7 Å². The van der Waals surface area contributed by atoms with Gasteiger partial charge in [-0.15, -0.1) is 0 Å². The molecule has 1 unspecified atom stereocenters. The van der Waals surface area contributed by atoms with Crippen molar-refractivity contribution < 1.29 is 17.9 Å². The first-order chi connectivity index (χ1) is 9.30. The highest BCUT2D eigenvalue weighted by atomic mass is 35.7. The number of halogens is 2. The second kappa shape index (κ2) is 5.79. The van der Waals surface area contributed by atoms with Gasteiger partial charge in [0, 0.05) is 34.6 Å². The van der Waals surface area contributed by atoms with Crippen molar-refractivity contribution in [1.82, 2.24) is 0 Å². The fraction of sp³-hybridized carbons (Fsp3) is 0.417.